The monoisotopic (exact) mass is 381 g/mol. The number of rotatable bonds is 4. The fourth-order valence-corrected chi connectivity index (χ4v) is 4.31. The molecule has 1 fully saturated rings. The predicted octanol–water partition coefficient (Wildman–Crippen LogP) is 3.91. The predicted molar refractivity (Wildman–Crippen MR) is 105 cm³/mol. The van der Waals surface area contributed by atoms with Gasteiger partial charge in [0.1, 0.15) is 5.82 Å². The second-order valence-electron chi connectivity index (χ2n) is 6.58. The molecule has 6 heteroatoms. The molecule has 0 N–H and O–H groups in total. The van der Waals surface area contributed by atoms with Crippen LogP contribution in [0, 0.1) is 5.82 Å². The summed E-state index contributed by atoms with van der Waals surface area (Å²) in [6.45, 7) is 4.01. The van der Waals surface area contributed by atoms with E-state index in [0.29, 0.717) is 5.56 Å². The summed E-state index contributed by atoms with van der Waals surface area (Å²) in [5.41, 5.74) is 1.61. The smallest absolute Gasteiger partial charge is 0.254 e. The van der Waals surface area contributed by atoms with Crippen LogP contribution in [0.2, 0.25) is 0 Å². The number of benzene rings is 1. The molecule has 0 atom stereocenters. The maximum absolute atomic E-state index is 13.4. The molecule has 3 aromatic rings. The number of piperazine rings is 1. The summed E-state index contributed by atoms with van der Waals surface area (Å²) < 4.78 is 13.4. The van der Waals surface area contributed by atoms with Crippen molar-refractivity contribution in [1.82, 2.24) is 14.8 Å². The van der Waals surface area contributed by atoms with E-state index in [2.05, 4.69) is 22.0 Å². The Morgan fingerprint density at radius 2 is 1.81 bits per heavy atom. The highest BCUT2D eigenvalue weighted by Gasteiger charge is 2.22. The molecule has 3 heterocycles. The lowest BCUT2D eigenvalue weighted by atomic mass is 10.2. The zero-order valence-electron chi connectivity index (χ0n) is 14.8. The first-order valence-corrected chi connectivity index (χ1v) is 9.77. The molecule has 1 saturated heterocycles. The first kappa shape index (κ1) is 17.8. The van der Waals surface area contributed by atoms with Crippen LogP contribution in [0.3, 0.4) is 0 Å². The second-order valence-corrected chi connectivity index (χ2v) is 7.75. The highest BCUT2D eigenvalue weighted by Crippen LogP contribution is 2.29. The fraction of sp³-hybridized carbons (Fsp3) is 0.238. The Morgan fingerprint density at radius 1 is 1.04 bits per heavy atom. The summed E-state index contributed by atoms with van der Waals surface area (Å²) in [5, 5.41) is 0. The SMILES string of the molecule is O=C(c1ccncc1)N1CCN(Cc2ccc(-c3cccc(F)c3)s2)CC1. The molecule has 2 aromatic heterocycles. The van der Waals surface area contributed by atoms with Gasteiger partial charge in [0.05, 0.1) is 0 Å². The minimum Gasteiger partial charge on any atom is -0.336 e. The van der Waals surface area contributed by atoms with Crippen molar-refractivity contribution >= 4 is 17.2 Å². The summed E-state index contributed by atoms with van der Waals surface area (Å²) in [6.07, 6.45) is 3.30. The molecule has 138 valence electrons. The van der Waals surface area contributed by atoms with Crippen LogP contribution in [0.5, 0.6) is 0 Å². The summed E-state index contributed by atoms with van der Waals surface area (Å²) >= 11 is 1.70. The van der Waals surface area contributed by atoms with E-state index in [-0.39, 0.29) is 11.7 Å². The first-order valence-electron chi connectivity index (χ1n) is 8.95. The Hall–Kier alpha value is -2.57. The van der Waals surface area contributed by atoms with Crippen LogP contribution < -0.4 is 0 Å². The van der Waals surface area contributed by atoms with E-state index < -0.39 is 0 Å². The van der Waals surface area contributed by atoms with Gasteiger partial charge < -0.3 is 4.90 Å². The van der Waals surface area contributed by atoms with Crippen molar-refractivity contribution < 1.29 is 9.18 Å². The lowest BCUT2D eigenvalue weighted by molar-refractivity contribution is 0.0629. The van der Waals surface area contributed by atoms with Crippen LogP contribution in [-0.4, -0.2) is 46.9 Å². The molecular formula is C21H20FN3OS. The van der Waals surface area contributed by atoms with Gasteiger partial charge in [0, 0.05) is 60.4 Å². The van der Waals surface area contributed by atoms with E-state index in [1.54, 1.807) is 48.0 Å². The number of hydrogen-bond donors (Lipinski definition) is 0. The van der Waals surface area contributed by atoms with Crippen molar-refractivity contribution in [1.29, 1.82) is 0 Å². The number of amides is 1. The van der Waals surface area contributed by atoms with Gasteiger partial charge >= 0.3 is 0 Å². The van der Waals surface area contributed by atoms with Crippen LogP contribution in [-0.2, 0) is 6.54 Å². The zero-order chi connectivity index (χ0) is 18.6. The van der Waals surface area contributed by atoms with Gasteiger partial charge in [-0.25, -0.2) is 4.39 Å². The number of nitrogens with zero attached hydrogens (tertiary/aromatic N) is 3. The maximum atomic E-state index is 13.4. The van der Waals surface area contributed by atoms with Crippen molar-refractivity contribution in [2.24, 2.45) is 0 Å². The van der Waals surface area contributed by atoms with Crippen molar-refractivity contribution in [3.05, 3.63) is 77.2 Å². The standard InChI is InChI=1S/C21H20FN3OS/c22-18-3-1-2-17(14-18)20-5-4-19(27-20)15-24-10-12-25(13-11-24)21(26)16-6-8-23-9-7-16/h1-9,14H,10-13,15H2. The molecule has 1 aliphatic rings. The van der Waals surface area contributed by atoms with Crippen molar-refractivity contribution in [2.75, 3.05) is 26.2 Å². The summed E-state index contributed by atoms with van der Waals surface area (Å²) in [7, 11) is 0. The largest absolute Gasteiger partial charge is 0.336 e. The highest BCUT2D eigenvalue weighted by atomic mass is 32.1. The number of carbonyl (C=O) groups is 1. The average molecular weight is 381 g/mol. The Kier molecular flexibility index (Phi) is 5.27. The minimum absolute atomic E-state index is 0.0709. The molecule has 0 bridgehead atoms. The normalized spacial score (nSPS) is 15.1. The van der Waals surface area contributed by atoms with Crippen LogP contribution >= 0.6 is 11.3 Å². The van der Waals surface area contributed by atoms with Gasteiger partial charge in [-0.15, -0.1) is 11.3 Å². The highest BCUT2D eigenvalue weighted by molar-refractivity contribution is 7.15. The number of hydrogen-bond acceptors (Lipinski definition) is 4. The number of pyridine rings is 1. The minimum atomic E-state index is -0.211. The van der Waals surface area contributed by atoms with E-state index in [1.165, 1.54) is 10.9 Å². The van der Waals surface area contributed by atoms with Gasteiger partial charge in [-0.05, 0) is 42.0 Å². The van der Waals surface area contributed by atoms with Crippen LogP contribution in [0.1, 0.15) is 15.2 Å². The maximum Gasteiger partial charge on any atom is 0.254 e. The molecule has 1 aromatic carbocycles. The Labute approximate surface area is 161 Å². The number of carbonyl (C=O) groups excluding carboxylic acids is 1. The van der Waals surface area contributed by atoms with Crippen LogP contribution in [0.25, 0.3) is 10.4 Å². The number of aromatic nitrogens is 1. The second kappa shape index (κ2) is 7.98. The molecule has 0 spiro atoms. The Morgan fingerprint density at radius 3 is 2.56 bits per heavy atom. The number of thiophene rings is 1. The van der Waals surface area contributed by atoms with Gasteiger partial charge in [0.2, 0.25) is 0 Å². The molecule has 1 amide bonds. The molecular weight excluding hydrogens is 361 g/mol. The van der Waals surface area contributed by atoms with Gasteiger partial charge in [-0.2, -0.15) is 0 Å². The third-order valence-corrected chi connectivity index (χ3v) is 5.86. The topological polar surface area (TPSA) is 36.4 Å². The molecule has 0 unspecified atom stereocenters. The van der Waals surface area contributed by atoms with E-state index in [0.717, 1.165) is 43.2 Å². The molecule has 1 aliphatic heterocycles. The average Bonchev–Trinajstić information content (AvgIpc) is 3.17. The molecule has 0 radical (unpaired) electrons. The van der Waals surface area contributed by atoms with Crippen LogP contribution in [0.15, 0.2) is 60.9 Å². The van der Waals surface area contributed by atoms with E-state index in [4.69, 9.17) is 0 Å². The first-order chi connectivity index (χ1) is 13.2. The van der Waals surface area contributed by atoms with Gasteiger partial charge in [0.25, 0.3) is 5.91 Å². The van der Waals surface area contributed by atoms with Gasteiger partial charge in [-0.1, -0.05) is 12.1 Å². The molecule has 0 aliphatic carbocycles. The quantitative estimate of drug-likeness (QED) is 0.688. The molecule has 4 nitrogen and oxygen atoms in total. The lowest BCUT2D eigenvalue weighted by Gasteiger charge is -2.34. The summed E-state index contributed by atoms with van der Waals surface area (Å²) in [4.78, 5) is 23.1. The van der Waals surface area contributed by atoms with Gasteiger partial charge in [0.15, 0.2) is 0 Å². The van der Waals surface area contributed by atoms with E-state index in [9.17, 15) is 9.18 Å². The molecule has 0 saturated carbocycles. The lowest BCUT2D eigenvalue weighted by Crippen LogP contribution is -2.48. The van der Waals surface area contributed by atoms with E-state index in [1.807, 2.05) is 11.0 Å². The Balaban J connectivity index is 1.34. The third kappa shape index (κ3) is 4.23. The van der Waals surface area contributed by atoms with Crippen LogP contribution in [0.4, 0.5) is 4.39 Å². The van der Waals surface area contributed by atoms with Crippen molar-refractivity contribution in [3.63, 3.8) is 0 Å². The summed E-state index contributed by atoms with van der Waals surface area (Å²) in [6, 6.07) is 14.4. The van der Waals surface area contributed by atoms with E-state index >= 15 is 0 Å². The van der Waals surface area contributed by atoms with Crippen molar-refractivity contribution in [2.45, 2.75) is 6.54 Å². The molecule has 4 rings (SSSR count). The Bertz CT molecular complexity index is 920. The van der Waals surface area contributed by atoms with Crippen molar-refractivity contribution in [3.8, 4) is 10.4 Å². The zero-order valence-corrected chi connectivity index (χ0v) is 15.7. The third-order valence-electron chi connectivity index (χ3n) is 4.74. The molecule has 27 heavy (non-hydrogen) atoms. The van der Waals surface area contributed by atoms with Gasteiger partial charge in [-0.3, -0.25) is 14.7 Å². The number of halogens is 1. The summed E-state index contributed by atoms with van der Waals surface area (Å²) in [5.74, 6) is -0.140. The fourth-order valence-electron chi connectivity index (χ4n) is 3.27.